The monoisotopic (exact) mass is 610 g/mol. The van der Waals surface area contributed by atoms with E-state index in [9.17, 15) is 24.0 Å². The van der Waals surface area contributed by atoms with E-state index in [4.69, 9.17) is 14.2 Å². The fourth-order valence-corrected chi connectivity index (χ4v) is 7.43. The molecule has 4 rings (SSSR count). The summed E-state index contributed by atoms with van der Waals surface area (Å²) in [6.07, 6.45) is 19.9. The first kappa shape index (κ1) is 33.9. The molecule has 2 aliphatic heterocycles. The molecule has 0 aromatic heterocycles. The van der Waals surface area contributed by atoms with Crippen LogP contribution in [0.1, 0.15) is 145 Å². The minimum Gasteiger partial charge on any atom is -0.466 e. The molecule has 1 aliphatic carbocycles. The first-order valence-corrected chi connectivity index (χ1v) is 17.2. The molecule has 0 N–H and O–H groups in total. The lowest BCUT2D eigenvalue weighted by atomic mass is 9.60. The van der Waals surface area contributed by atoms with Gasteiger partial charge in [-0.3, -0.25) is 24.0 Å². The molecule has 3 aliphatic rings. The van der Waals surface area contributed by atoms with Gasteiger partial charge in [-0.05, 0) is 23.5 Å². The molecule has 2 heterocycles. The average molecular weight is 611 g/mol. The molecular weight excluding hydrogens is 560 g/mol. The predicted octanol–water partition coefficient (Wildman–Crippen LogP) is 7.47. The molecule has 1 aromatic carbocycles. The van der Waals surface area contributed by atoms with E-state index >= 15 is 0 Å². The smallest absolute Gasteiger partial charge is 0.321 e. The molecule has 8 nitrogen and oxygen atoms in total. The highest BCUT2D eigenvalue weighted by Crippen LogP contribution is 2.55. The van der Waals surface area contributed by atoms with E-state index in [2.05, 4.69) is 6.92 Å². The zero-order chi connectivity index (χ0) is 31.3. The molecule has 44 heavy (non-hydrogen) atoms. The molecule has 1 aromatic rings. The van der Waals surface area contributed by atoms with Crippen LogP contribution in [-0.4, -0.2) is 36.5 Å². The molecule has 5 unspecified atom stereocenters. The van der Waals surface area contributed by atoms with Crippen molar-refractivity contribution in [3.8, 4) is 0 Å². The third-order valence-corrected chi connectivity index (χ3v) is 9.70. The van der Waals surface area contributed by atoms with Crippen molar-refractivity contribution in [1.29, 1.82) is 0 Å². The molecule has 0 amide bonds. The van der Waals surface area contributed by atoms with E-state index < -0.39 is 59.4 Å². The first-order valence-electron chi connectivity index (χ1n) is 17.2. The third-order valence-electron chi connectivity index (χ3n) is 9.70. The number of fused-ring (bicyclic) bond motifs is 3. The lowest BCUT2D eigenvalue weighted by molar-refractivity contribution is -0.157. The van der Waals surface area contributed by atoms with Gasteiger partial charge in [0.1, 0.15) is 0 Å². The van der Waals surface area contributed by atoms with Crippen LogP contribution in [0.5, 0.6) is 0 Å². The van der Waals surface area contributed by atoms with Crippen LogP contribution >= 0.6 is 0 Å². The van der Waals surface area contributed by atoms with E-state index in [1.165, 1.54) is 83.5 Å². The van der Waals surface area contributed by atoms with Crippen LogP contribution in [0.15, 0.2) is 24.3 Å². The van der Waals surface area contributed by atoms with Crippen LogP contribution in [0.2, 0.25) is 0 Å². The topological polar surface area (TPSA) is 113 Å². The summed E-state index contributed by atoms with van der Waals surface area (Å²) in [5.74, 6) is -7.11. The number of carbonyl (C=O) groups is 5. The van der Waals surface area contributed by atoms with Crippen molar-refractivity contribution in [3.63, 3.8) is 0 Å². The van der Waals surface area contributed by atoms with Crippen molar-refractivity contribution in [3.05, 3.63) is 35.4 Å². The Morgan fingerprint density at radius 1 is 0.682 bits per heavy atom. The molecular formula is C36H50O8. The Morgan fingerprint density at radius 2 is 1.23 bits per heavy atom. The average Bonchev–Trinajstić information content (AvgIpc) is 3.50. The van der Waals surface area contributed by atoms with Gasteiger partial charge in [0.15, 0.2) is 0 Å². The highest BCUT2D eigenvalue weighted by atomic mass is 16.6. The third kappa shape index (κ3) is 9.01. The zero-order valence-corrected chi connectivity index (χ0v) is 26.4. The van der Waals surface area contributed by atoms with Crippen LogP contribution in [0.3, 0.4) is 0 Å². The lowest BCUT2D eigenvalue weighted by Crippen LogP contribution is -2.40. The van der Waals surface area contributed by atoms with Gasteiger partial charge in [0.25, 0.3) is 0 Å². The SMILES string of the molecule is CCCCCCCCCCCCCCCCCCOC(=O)CC1C2C(=O)OC(=O)C2c2ccccc2C1C1CC(=O)OC1=O. The highest BCUT2D eigenvalue weighted by molar-refractivity contribution is 6.01. The Kier molecular flexibility index (Phi) is 13.4. The molecule has 0 saturated carbocycles. The quantitative estimate of drug-likeness (QED) is 0.0647. The van der Waals surface area contributed by atoms with E-state index in [-0.39, 0.29) is 19.4 Å². The van der Waals surface area contributed by atoms with Crippen molar-refractivity contribution in [2.24, 2.45) is 17.8 Å². The van der Waals surface area contributed by atoms with Gasteiger partial charge in [0, 0.05) is 12.3 Å². The predicted molar refractivity (Wildman–Crippen MR) is 164 cm³/mol. The van der Waals surface area contributed by atoms with Gasteiger partial charge >= 0.3 is 29.8 Å². The van der Waals surface area contributed by atoms with Crippen LogP contribution in [0.25, 0.3) is 0 Å². The summed E-state index contributed by atoms with van der Waals surface area (Å²) < 4.78 is 15.4. The largest absolute Gasteiger partial charge is 0.466 e. The zero-order valence-electron chi connectivity index (χ0n) is 26.4. The lowest BCUT2D eigenvalue weighted by Gasteiger charge is -2.39. The Bertz CT molecular complexity index is 1140. The summed E-state index contributed by atoms with van der Waals surface area (Å²) in [6.45, 7) is 2.54. The number of esters is 5. The second-order valence-electron chi connectivity index (χ2n) is 12.9. The van der Waals surface area contributed by atoms with Gasteiger partial charge < -0.3 is 14.2 Å². The Hall–Kier alpha value is -3.03. The molecule has 0 spiro atoms. The van der Waals surface area contributed by atoms with Gasteiger partial charge in [-0.15, -0.1) is 0 Å². The summed E-state index contributed by atoms with van der Waals surface area (Å²) in [4.78, 5) is 63.3. The number of cyclic esters (lactones) is 4. The van der Waals surface area contributed by atoms with Crippen molar-refractivity contribution in [2.75, 3.05) is 6.61 Å². The van der Waals surface area contributed by atoms with E-state index in [0.717, 1.165) is 19.3 Å². The Balaban J connectivity index is 1.17. The molecule has 2 fully saturated rings. The van der Waals surface area contributed by atoms with Gasteiger partial charge in [-0.1, -0.05) is 128 Å². The van der Waals surface area contributed by atoms with E-state index in [0.29, 0.717) is 11.1 Å². The summed E-state index contributed by atoms with van der Waals surface area (Å²) in [5, 5.41) is 0. The number of hydrogen-bond donors (Lipinski definition) is 0. The Labute approximate surface area is 262 Å². The maximum absolute atomic E-state index is 13.0. The van der Waals surface area contributed by atoms with Gasteiger partial charge in [0.2, 0.25) is 0 Å². The first-order chi connectivity index (χ1) is 21.4. The Morgan fingerprint density at radius 3 is 1.77 bits per heavy atom. The van der Waals surface area contributed by atoms with E-state index in [1.807, 2.05) is 0 Å². The minimum absolute atomic E-state index is 0.136. The maximum Gasteiger partial charge on any atom is 0.321 e. The number of ether oxygens (including phenoxy) is 3. The summed E-state index contributed by atoms with van der Waals surface area (Å²) in [6, 6.07) is 7.07. The van der Waals surface area contributed by atoms with Crippen LogP contribution in [0, 0.1) is 17.8 Å². The number of unbranched alkanes of at least 4 members (excludes halogenated alkanes) is 15. The van der Waals surface area contributed by atoms with Crippen molar-refractivity contribution < 1.29 is 38.2 Å². The van der Waals surface area contributed by atoms with Crippen LogP contribution in [-0.2, 0) is 38.2 Å². The van der Waals surface area contributed by atoms with Crippen LogP contribution in [0.4, 0.5) is 0 Å². The number of hydrogen-bond acceptors (Lipinski definition) is 8. The van der Waals surface area contributed by atoms with Crippen molar-refractivity contribution in [1.82, 2.24) is 0 Å². The van der Waals surface area contributed by atoms with Crippen molar-refractivity contribution >= 4 is 29.8 Å². The maximum atomic E-state index is 13.0. The van der Waals surface area contributed by atoms with Crippen molar-refractivity contribution in [2.45, 2.75) is 134 Å². The minimum atomic E-state index is -0.922. The van der Waals surface area contributed by atoms with Gasteiger partial charge in [0.05, 0.1) is 30.8 Å². The molecule has 5 atom stereocenters. The second kappa shape index (κ2) is 17.5. The fourth-order valence-electron chi connectivity index (χ4n) is 7.43. The summed E-state index contributed by atoms with van der Waals surface area (Å²) >= 11 is 0. The van der Waals surface area contributed by atoms with Crippen LogP contribution < -0.4 is 0 Å². The highest BCUT2D eigenvalue weighted by Gasteiger charge is 2.59. The normalized spacial score (nSPS) is 24.2. The fraction of sp³-hybridized carbons (Fsp3) is 0.694. The number of rotatable bonds is 20. The molecule has 0 radical (unpaired) electrons. The number of carbonyl (C=O) groups excluding carboxylic acids is 5. The summed E-state index contributed by atoms with van der Waals surface area (Å²) in [5.41, 5.74) is 1.27. The van der Waals surface area contributed by atoms with Gasteiger partial charge in [-0.25, -0.2) is 0 Å². The number of benzene rings is 1. The molecule has 2 saturated heterocycles. The standard InChI is InChI=1S/C36H50O8/c1-2-3-4-5-6-7-8-9-10-11-12-13-14-15-16-19-22-42-29(37)23-27-31(28-24-30(38)43-34(28)39)25-20-17-18-21-26(25)32-33(27)36(41)44-35(32)40/h17-18,20-21,27-28,31-33H,2-16,19,22-24H2,1H3. The van der Waals surface area contributed by atoms with Gasteiger partial charge in [-0.2, -0.15) is 0 Å². The van der Waals surface area contributed by atoms with E-state index in [1.54, 1.807) is 24.3 Å². The molecule has 8 heteroatoms. The molecule has 242 valence electrons. The second-order valence-corrected chi connectivity index (χ2v) is 12.9. The molecule has 0 bridgehead atoms. The summed E-state index contributed by atoms with van der Waals surface area (Å²) in [7, 11) is 0.